The molecule has 0 spiro atoms. The summed E-state index contributed by atoms with van der Waals surface area (Å²) >= 11 is 0. The first-order valence-corrected chi connectivity index (χ1v) is 7.50. The van der Waals surface area contributed by atoms with Crippen molar-refractivity contribution in [1.29, 1.82) is 0 Å². The van der Waals surface area contributed by atoms with Crippen molar-refractivity contribution in [3.8, 4) is 0 Å². The summed E-state index contributed by atoms with van der Waals surface area (Å²) in [5, 5.41) is 4.76. The Bertz CT molecular complexity index is 543. The van der Waals surface area contributed by atoms with Crippen molar-refractivity contribution in [2.75, 3.05) is 43.1 Å². The Balaban J connectivity index is 2.22. The molecule has 1 aliphatic heterocycles. The molecule has 0 atom stereocenters. The second kappa shape index (κ2) is 7.54. The van der Waals surface area contributed by atoms with Gasteiger partial charge in [-0.2, -0.15) is 13.2 Å². The van der Waals surface area contributed by atoms with E-state index >= 15 is 0 Å². The first kappa shape index (κ1) is 17.4. The Kier molecular flexibility index (Phi) is 5.70. The minimum absolute atomic E-state index is 0.247. The highest BCUT2D eigenvalue weighted by Gasteiger charge is 2.34. The summed E-state index contributed by atoms with van der Waals surface area (Å²) in [5.41, 5.74) is -0.628. The lowest BCUT2D eigenvalue weighted by Crippen LogP contribution is -2.36. The van der Waals surface area contributed by atoms with Crippen LogP contribution in [0.15, 0.2) is 18.2 Å². The number of halogens is 3. The van der Waals surface area contributed by atoms with Crippen LogP contribution in [0.5, 0.6) is 0 Å². The van der Waals surface area contributed by atoms with Crippen LogP contribution in [0.3, 0.4) is 0 Å². The summed E-state index contributed by atoms with van der Waals surface area (Å²) in [5.74, 6) is 0. The molecule has 2 N–H and O–H groups in total. The number of morpholine rings is 1. The van der Waals surface area contributed by atoms with E-state index in [1.165, 1.54) is 6.07 Å². The van der Waals surface area contributed by atoms with Crippen LogP contribution < -0.4 is 15.5 Å². The molecule has 0 radical (unpaired) electrons. The number of amides is 2. The second-order valence-electron chi connectivity index (χ2n) is 5.21. The summed E-state index contributed by atoms with van der Waals surface area (Å²) in [6.07, 6.45) is -3.84. The van der Waals surface area contributed by atoms with Crippen molar-refractivity contribution < 1.29 is 22.7 Å². The van der Waals surface area contributed by atoms with Gasteiger partial charge in [0, 0.05) is 25.3 Å². The van der Waals surface area contributed by atoms with Gasteiger partial charge in [-0.1, -0.05) is 6.92 Å². The molecule has 2 rings (SSSR count). The number of alkyl halides is 3. The van der Waals surface area contributed by atoms with Gasteiger partial charge in [0.1, 0.15) is 0 Å². The zero-order valence-electron chi connectivity index (χ0n) is 12.9. The molecule has 0 bridgehead atoms. The van der Waals surface area contributed by atoms with Gasteiger partial charge in [-0.15, -0.1) is 0 Å². The Morgan fingerprint density at radius 1 is 1.30 bits per heavy atom. The molecule has 0 aliphatic carbocycles. The summed E-state index contributed by atoms with van der Waals surface area (Å²) in [6.45, 7) is 4.32. The first-order valence-electron chi connectivity index (χ1n) is 7.50. The van der Waals surface area contributed by atoms with E-state index in [-0.39, 0.29) is 5.69 Å². The molecule has 128 valence electrons. The summed E-state index contributed by atoms with van der Waals surface area (Å²) in [4.78, 5) is 13.5. The van der Waals surface area contributed by atoms with Crippen LogP contribution >= 0.6 is 0 Å². The van der Waals surface area contributed by atoms with Gasteiger partial charge in [0.15, 0.2) is 0 Å². The fraction of sp³-hybridized carbons (Fsp3) is 0.533. The molecule has 1 saturated heterocycles. The number of hydrogen-bond donors (Lipinski definition) is 2. The molecular formula is C15H20F3N3O2. The molecule has 23 heavy (non-hydrogen) atoms. The van der Waals surface area contributed by atoms with Crippen LogP contribution in [-0.2, 0) is 10.9 Å². The van der Waals surface area contributed by atoms with E-state index in [4.69, 9.17) is 4.74 Å². The normalized spacial score (nSPS) is 15.4. The van der Waals surface area contributed by atoms with Crippen molar-refractivity contribution in [1.82, 2.24) is 5.32 Å². The molecule has 1 aromatic rings. The van der Waals surface area contributed by atoms with Gasteiger partial charge in [0.25, 0.3) is 0 Å². The number of hydrogen-bond acceptors (Lipinski definition) is 3. The third-order valence-corrected chi connectivity index (χ3v) is 3.47. The van der Waals surface area contributed by atoms with Crippen LogP contribution in [0, 0.1) is 0 Å². The molecule has 8 heteroatoms. The standard InChI is InChI=1S/C15H20F3N3O2/c1-2-5-19-14(22)20-13-4-3-11(10-12(13)15(16,17)18)21-6-8-23-9-7-21/h3-4,10H,2,5-9H2,1H3,(H2,19,20,22). The summed E-state index contributed by atoms with van der Waals surface area (Å²) in [6, 6.07) is 3.30. The van der Waals surface area contributed by atoms with E-state index < -0.39 is 17.8 Å². The van der Waals surface area contributed by atoms with Crippen molar-refractivity contribution in [2.45, 2.75) is 19.5 Å². The molecule has 0 unspecified atom stereocenters. The molecule has 0 aromatic heterocycles. The Morgan fingerprint density at radius 3 is 2.61 bits per heavy atom. The van der Waals surface area contributed by atoms with Crippen molar-refractivity contribution in [3.63, 3.8) is 0 Å². The maximum absolute atomic E-state index is 13.3. The number of urea groups is 1. The predicted molar refractivity (Wildman–Crippen MR) is 81.8 cm³/mol. The summed E-state index contributed by atoms with van der Waals surface area (Å²) in [7, 11) is 0. The van der Waals surface area contributed by atoms with E-state index in [0.717, 1.165) is 6.07 Å². The highest BCUT2D eigenvalue weighted by molar-refractivity contribution is 5.90. The molecule has 5 nitrogen and oxygen atoms in total. The molecule has 1 heterocycles. The number of nitrogens with one attached hydrogen (secondary N) is 2. The fourth-order valence-electron chi connectivity index (χ4n) is 2.30. The van der Waals surface area contributed by atoms with Gasteiger partial charge in [-0.25, -0.2) is 4.79 Å². The van der Waals surface area contributed by atoms with Crippen molar-refractivity contribution >= 4 is 17.4 Å². The van der Waals surface area contributed by atoms with Crippen LogP contribution in [0.4, 0.5) is 29.3 Å². The maximum atomic E-state index is 13.3. The summed E-state index contributed by atoms with van der Waals surface area (Å²) < 4.78 is 45.1. The number of ether oxygens (including phenoxy) is 1. The van der Waals surface area contributed by atoms with Gasteiger partial charge in [0.2, 0.25) is 0 Å². The van der Waals surface area contributed by atoms with Crippen LogP contribution in [-0.4, -0.2) is 38.9 Å². The molecule has 1 aromatic carbocycles. The monoisotopic (exact) mass is 331 g/mol. The topological polar surface area (TPSA) is 53.6 Å². The minimum Gasteiger partial charge on any atom is -0.378 e. The van der Waals surface area contributed by atoms with E-state index in [0.29, 0.717) is 45.0 Å². The minimum atomic E-state index is -4.55. The number of nitrogens with zero attached hydrogens (tertiary/aromatic N) is 1. The third kappa shape index (κ3) is 4.75. The first-order chi connectivity index (χ1) is 10.9. The van der Waals surface area contributed by atoms with Crippen molar-refractivity contribution in [2.24, 2.45) is 0 Å². The zero-order valence-corrected chi connectivity index (χ0v) is 12.9. The average molecular weight is 331 g/mol. The lowest BCUT2D eigenvalue weighted by atomic mass is 10.1. The zero-order chi connectivity index (χ0) is 16.9. The van der Waals surface area contributed by atoms with Gasteiger partial charge in [0.05, 0.1) is 24.5 Å². The molecular weight excluding hydrogens is 311 g/mol. The fourth-order valence-corrected chi connectivity index (χ4v) is 2.30. The van der Waals surface area contributed by atoms with Crippen LogP contribution in [0.25, 0.3) is 0 Å². The number of rotatable bonds is 4. The van der Waals surface area contributed by atoms with Gasteiger partial charge >= 0.3 is 12.2 Å². The van der Waals surface area contributed by atoms with Crippen LogP contribution in [0.1, 0.15) is 18.9 Å². The van der Waals surface area contributed by atoms with Gasteiger partial charge in [-0.05, 0) is 24.6 Å². The Morgan fingerprint density at radius 2 is 2.00 bits per heavy atom. The predicted octanol–water partition coefficient (Wildman–Crippen LogP) is 3.07. The Labute approximate surface area is 132 Å². The van der Waals surface area contributed by atoms with Gasteiger partial charge in [-0.3, -0.25) is 0 Å². The maximum Gasteiger partial charge on any atom is 0.418 e. The van der Waals surface area contributed by atoms with E-state index in [2.05, 4.69) is 10.6 Å². The van der Waals surface area contributed by atoms with E-state index in [9.17, 15) is 18.0 Å². The number of anilines is 2. The third-order valence-electron chi connectivity index (χ3n) is 3.47. The van der Waals surface area contributed by atoms with Crippen LogP contribution in [0.2, 0.25) is 0 Å². The van der Waals surface area contributed by atoms with Crippen molar-refractivity contribution in [3.05, 3.63) is 23.8 Å². The lowest BCUT2D eigenvalue weighted by molar-refractivity contribution is -0.136. The lowest BCUT2D eigenvalue weighted by Gasteiger charge is -2.29. The smallest absolute Gasteiger partial charge is 0.378 e. The highest BCUT2D eigenvalue weighted by Crippen LogP contribution is 2.37. The highest BCUT2D eigenvalue weighted by atomic mass is 19.4. The Hall–Kier alpha value is -1.96. The molecule has 1 aliphatic rings. The number of carbonyl (C=O) groups is 1. The van der Waals surface area contributed by atoms with E-state index in [1.54, 1.807) is 6.07 Å². The number of benzene rings is 1. The SMILES string of the molecule is CCCNC(=O)Nc1ccc(N2CCOCC2)cc1C(F)(F)F. The largest absolute Gasteiger partial charge is 0.418 e. The second-order valence-corrected chi connectivity index (χ2v) is 5.21. The molecule has 1 fully saturated rings. The molecule has 2 amide bonds. The average Bonchev–Trinajstić information content (AvgIpc) is 2.53. The van der Waals surface area contributed by atoms with Gasteiger partial charge < -0.3 is 20.3 Å². The molecule has 0 saturated carbocycles. The number of carbonyl (C=O) groups excluding carboxylic acids is 1. The van der Waals surface area contributed by atoms with E-state index in [1.807, 2.05) is 11.8 Å². The quantitative estimate of drug-likeness (QED) is 0.891.